The van der Waals surface area contributed by atoms with E-state index in [4.69, 9.17) is 4.74 Å². The van der Waals surface area contributed by atoms with Crippen molar-refractivity contribution in [3.63, 3.8) is 0 Å². The van der Waals surface area contributed by atoms with Crippen LogP contribution >= 0.6 is 0 Å². The van der Waals surface area contributed by atoms with E-state index in [1.807, 2.05) is 6.92 Å². The van der Waals surface area contributed by atoms with Crippen molar-refractivity contribution in [1.29, 1.82) is 0 Å². The van der Waals surface area contributed by atoms with E-state index in [1.54, 1.807) is 0 Å². The van der Waals surface area contributed by atoms with E-state index in [2.05, 4.69) is 25.8 Å². The molecule has 0 aromatic carbocycles. The van der Waals surface area contributed by atoms with Gasteiger partial charge >= 0.3 is 0 Å². The maximum absolute atomic E-state index is 14.4. The van der Waals surface area contributed by atoms with Crippen LogP contribution in [-0.2, 0) is 4.74 Å². The highest BCUT2D eigenvalue weighted by Gasteiger charge is 2.48. The Labute approximate surface area is 175 Å². The van der Waals surface area contributed by atoms with Crippen molar-refractivity contribution in [2.75, 3.05) is 26.7 Å². The molecule has 0 radical (unpaired) electrons. The fraction of sp³-hybridized carbons (Fsp3) is 1.00. The normalized spacial score (nSPS) is 41.1. The highest BCUT2D eigenvalue weighted by atomic mass is 19.3. The molecule has 170 valence electrons. The molecule has 8 atom stereocenters. The molecule has 0 spiro atoms. The smallest absolute Gasteiger partial charge is 0.248 e. The van der Waals surface area contributed by atoms with Gasteiger partial charge in [-0.05, 0) is 94.2 Å². The fourth-order valence-corrected chi connectivity index (χ4v) is 6.33. The molecule has 2 nitrogen and oxygen atoms in total. The third-order valence-corrected chi connectivity index (χ3v) is 8.29. The molecule has 1 aliphatic carbocycles. The number of alkyl halides is 3. The Morgan fingerprint density at radius 3 is 2.55 bits per heavy atom. The summed E-state index contributed by atoms with van der Waals surface area (Å²) in [5, 5.41) is 0. The lowest BCUT2D eigenvalue weighted by Gasteiger charge is -2.35. The summed E-state index contributed by atoms with van der Waals surface area (Å²) in [6.45, 7) is 8.80. The number of nitrogens with zero attached hydrogens (tertiary/aromatic N) is 1. The van der Waals surface area contributed by atoms with Crippen LogP contribution in [0.25, 0.3) is 0 Å². The van der Waals surface area contributed by atoms with Crippen LogP contribution in [0.1, 0.15) is 72.1 Å². The molecule has 2 saturated heterocycles. The van der Waals surface area contributed by atoms with Gasteiger partial charge in [-0.25, -0.2) is 13.2 Å². The summed E-state index contributed by atoms with van der Waals surface area (Å²) in [6, 6.07) is 0. The predicted octanol–water partition coefficient (Wildman–Crippen LogP) is 6.20. The molecule has 0 amide bonds. The second kappa shape index (κ2) is 9.89. The summed E-state index contributed by atoms with van der Waals surface area (Å²) in [5.41, 5.74) is 0. The van der Waals surface area contributed by atoms with E-state index < -0.39 is 12.1 Å². The standard InChI is InChI=1S/C24H42F3NO/c1-16(19-6-5-8-28(4)9-7-19)10-20-13-24(26,27)14-22(20)17(2)11-21-12-18(3)23(25)15-29-21/h16-23H,5-15H2,1-4H3/t16?,17?,18-,19?,20?,21?,22?,23+/m1/s1. The van der Waals surface area contributed by atoms with Crippen LogP contribution < -0.4 is 0 Å². The van der Waals surface area contributed by atoms with Gasteiger partial charge in [0, 0.05) is 12.8 Å². The van der Waals surface area contributed by atoms with Crippen LogP contribution in [0, 0.1) is 35.5 Å². The van der Waals surface area contributed by atoms with Crippen LogP contribution in [0.5, 0.6) is 0 Å². The number of likely N-dealkylation sites (tertiary alicyclic amines) is 1. The van der Waals surface area contributed by atoms with Crippen LogP contribution in [-0.4, -0.2) is 49.8 Å². The Kier molecular flexibility index (Phi) is 7.97. The van der Waals surface area contributed by atoms with Crippen molar-refractivity contribution in [2.24, 2.45) is 35.5 Å². The molecule has 1 saturated carbocycles. The van der Waals surface area contributed by atoms with Crippen molar-refractivity contribution >= 4 is 0 Å². The summed E-state index contributed by atoms with van der Waals surface area (Å²) in [5.74, 6) is -0.988. The second-order valence-corrected chi connectivity index (χ2v) is 10.8. The molecule has 2 heterocycles. The molecule has 2 aliphatic heterocycles. The van der Waals surface area contributed by atoms with Gasteiger partial charge in [-0.2, -0.15) is 0 Å². The molecular weight excluding hydrogens is 375 g/mol. The monoisotopic (exact) mass is 417 g/mol. The summed E-state index contributed by atoms with van der Waals surface area (Å²) in [6.07, 6.45) is 5.28. The molecule has 0 N–H and O–H groups in total. The lowest BCUT2D eigenvalue weighted by atomic mass is 9.74. The third kappa shape index (κ3) is 6.35. The quantitative estimate of drug-likeness (QED) is 0.510. The molecule has 5 heteroatoms. The third-order valence-electron chi connectivity index (χ3n) is 8.29. The van der Waals surface area contributed by atoms with E-state index in [9.17, 15) is 13.2 Å². The minimum absolute atomic E-state index is 0.00940. The number of hydrogen-bond donors (Lipinski definition) is 0. The van der Waals surface area contributed by atoms with Gasteiger partial charge in [-0.15, -0.1) is 0 Å². The maximum Gasteiger partial charge on any atom is 0.248 e. The first kappa shape index (κ1) is 23.4. The van der Waals surface area contributed by atoms with Crippen molar-refractivity contribution in [1.82, 2.24) is 4.90 Å². The molecular formula is C24H42F3NO. The van der Waals surface area contributed by atoms with Gasteiger partial charge in [0.05, 0.1) is 12.7 Å². The lowest BCUT2D eigenvalue weighted by molar-refractivity contribution is -0.0660. The highest BCUT2D eigenvalue weighted by Crippen LogP contribution is 2.50. The summed E-state index contributed by atoms with van der Waals surface area (Å²) in [4.78, 5) is 2.40. The minimum Gasteiger partial charge on any atom is -0.375 e. The first-order chi connectivity index (χ1) is 13.6. The number of hydrogen-bond acceptors (Lipinski definition) is 2. The Morgan fingerprint density at radius 1 is 1.07 bits per heavy atom. The zero-order valence-corrected chi connectivity index (χ0v) is 18.9. The second-order valence-electron chi connectivity index (χ2n) is 10.8. The molecule has 0 aromatic heterocycles. The van der Waals surface area contributed by atoms with Gasteiger partial charge in [0.1, 0.15) is 6.17 Å². The van der Waals surface area contributed by atoms with Crippen molar-refractivity contribution in [2.45, 2.75) is 90.3 Å². The Hall–Kier alpha value is -0.290. The predicted molar refractivity (Wildman–Crippen MR) is 112 cm³/mol. The molecule has 6 unspecified atom stereocenters. The molecule has 0 bridgehead atoms. The van der Waals surface area contributed by atoms with Crippen molar-refractivity contribution < 1.29 is 17.9 Å². The number of halogens is 3. The summed E-state index contributed by atoms with van der Waals surface area (Å²) >= 11 is 0. The van der Waals surface area contributed by atoms with E-state index in [-0.39, 0.29) is 49.2 Å². The summed E-state index contributed by atoms with van der Waals surface area (Å²) < 4.78 is 48.2. The molecule has 3 fully saturated rings. The van der Waals surface area contributed by atoms with E-state index in [0.717, 1.165) is 25.9 Å². The molecule has 3 aliphatic rings. The maximum atomic E-state index is 14.4. The van der Waals surface area contributed by atoms with E-state index >= 15 is 0 Å². The van der Waals surface area contributed by atoms with Crippen LogP contribution in [0.4, 0.5) is 13.2 Å². The van der Waals surface area contributed by atoms with Crippen LogP contribution in [0.3, 0.4) is 0 Å². The molecule has 0 aromatic rings. The van der Waals surface area contributed by atoms with Gasteiger partial charge in [0.15, 0.2) is 0 Å². The van der Waals surface area contributed by atoms with Crippen LogP contribution in [0.15, 0.2) is 0 Å². The highest BCUT2D eigenvalue weighted by molar-refractivity contribution is 4.93. The van der Waals surface area contributed by atoms with Crippen molar-refractivity contribution in [3.8, 4) is 0 Å². The number of ether oxygens (including phenoxy) is 1. The van der Waals surface area contributed by atoms with Gasteiger partial charge in [0.25, 0.3) is 0 Å². The molecule has 3 rings (SSSR count). The first-order valence-electron chi connectivity index (χ1n) is 12.0. The zero-order chi connectivity index (χ0) is 21.2. The minimum atomic E-state index is -2.53. The number of rotatable bonds is 6. The Bertz CT molecular complexity index is 516. The van der Waals surface area contributed by atoms with Gasteiger partial charge in [-0.3, -0.25) is 0 Å². The van der Waals surface area contributed by atoms with Crippen molar-refractivity contribution in [3.05, 3.63) is 0 Å². The zero-order valence-electron chi connectivity index (χ0n) is 18.9. The van der Waals surface area contributed by atoms with Gasteiger partial charge < -0.3 is 9.64 Å². The average Bonchev–Trinajstić information content (AvgIpc) is 2.80. The average molecular weight is 418 g/mol. The summed E-state index contributed by atoms with van der Waals surface area (Å²) in [7, 11) is 2.18. The SMILES string of the molecule is CC(CC1CC(F)(F)CC1C(C)CC1C[C@@H](C)[C@@H](F)CO1)C1CCCN(C)CC1. The van der Waals surface area contributed by atoms with Gasteiger partial charge in [0.2, 0.25) is 5.92 Å². The van der Waals surface area contributed by atoms with Crippen LogP contribution in [0.2, 0.25) is 0 Å². The Balaban J connectivity index is 1.57. The van der Waals surface area contributed by atoms with E-state index in [0.29, 0.717) is 18.3 Å². The first-order valence-corrected chi connectivity index (χ1v) is 12.0. The fourth-order valence-electron chi connectivity index (χ4n) is 6.33. The van der Waals surface area contributed by atoms with E-state index in [1.165, 1.54) is 19.3 Å². The molecule has 29 heavy (non-hydrogen) atoms. The lowest BCUT2D eigenvalue weighted by Crippen LogP contribution is -2.35. The van der Waals surface area contributed by atoms with Gasteiger partial charge in [-0.1, -0.05) is 20.8 Å². The topological polar surface area (TPSA) is 12.5 Å². The Morgan fingerprint density at radius 2 is 1.83 bits per heavy atom. The largest absolute Gasteiger partial charge is 0.375 e.